The molecule has 1 aromatic carbocycles. The Balaban J connectivity index is 0.936. The lowest BCUT2D eigenvalue weighted by molar-refractivity contribution is -0.197. The van der Waals surface area contributed by atoms with Gasteiger partial charge in [0.25, 0.3) is 0 Å². The van der Waals surface area contributed by atoms with Crippen LogP contribution in [0.25, 0.3) is 21.3 Å². The Bertz CT molecular complexity index is 2280. The minimum atomic E-state index is -1.06. The molecule has 2 aliphatic heterocycles. The van der Waals surface area contributed by atoms with Crippen LogP contribution in [-0.2, 0) is 6.54 Å². The number of carboxylic acid groups (broad SMARTS) is 1. The summed E-state index contributed by atoms with van der Waals surface area (Å²) in [4.78, 5) is 24.6. The second kappa shape index (κ2) is 15.2. The third kappa shape index (κ3) is 7.62. The Morgan fingerprint density at radius 1 is 0.966 bits per heavy atom. The Hall–Kier alpha value is -4.50. The van der Waals surface area contributed by atoms with E-state index in [-0.39, 0.29) is 17.7 Å². The number of rotatable bonds is 15. The molecule has 59 heavy (non-hydrogen) atoms. The van der Waals surface area contributed by atoms with Crippen LogP contribution in [0.1, 0.15) is 108 Å². The molecule has 3 aromatic heterocycles. The van der Waals surface area contributed by atoms with Crippen molar-refractivity contribution in [1.29, 1.82) is 0 Å². The van der Waals surface area contributed by atoms with Gasteiger partial charge in [0, 0.05) is 35.5 Å². The second-order valence-electron chi connectivity index (χ2n) is 19.3. The molecule has 7 N–H and O–H groups in total. The van der Waals surface area contributed by atoms with Gasteiger partial charge in [0.2, 0.25) is 0 Å². The molecule has 2 unspecified atom stereocenters. The molecule has 0 spiro atoms. The summed E-state index contributed by atoms with van der Waals surface area (Å²) in [7, 11) is 0. The van der Waals surface area contributed by atoms with Crippen LogP contribution in [0.2, 0.25) is 0 Å². The number of hydrazine groups is 1. The summed E-state index contributed by atoms with van der Waals surface area (Å²) in [6.45, 7) is 12.2. The number of benzene rings is 1. The fourth-order valence-corrected chi connectivity index (χ4v) is 13.8. The van der Waals surface area contributed by atoms with Crippen molar-refractivity contribution in [2.75, 3.05) is 36.5 Å². The van der Waals surface area contributed by atoms with Gasteiger partial charge in [0.05, 0.1) is 29.1 Å². The highest BCUT2D eigenvalue weighted by molar-refractivity contribution is 7.22. The highest BCUT2D eigenvalue weighted by atomic mass is 32.1. The Morgan fingerprint density at radius 2 is 1.75 bits per heavy atom. The fraction of sp³-hybridized carbons (Fsp3) is 0.556. The molecular weight excluding hydrogens is 763 g/mol. The molecule has 5 heterocycles. The number of nitrogens with one attached hydrogen (secondary N) is 4. The molecule has 4 saturated carbocycles. The maximum absolute atomic E-state index is 13.0. The minimum absolute atomic E-state index is 0.0281. The molecule has 13 nitrogen and oxygen atoms in total. The van der Waals surface area contributed by atoms with Gasteiger partial charge in [-0.05, 0) is 149 Å². The highest BCUT2D eigenvalue weighted by Gasteiger charge is 2.65. The molecule has 10 rings (SSSR count). The van der Waals surface area contributed by atoms with E-state index in [9.17, 15) is 15.0 Å². The van der Waals surface area contributed by atoms with Crippen LogP contribution < -0.4 is 26.4 Å². The van der Waals surface area contributed by atoms with E-state index in [1.165, 1.54) is 44.9 Å². The Labute approximate surface area is 350 Å². The number of carboxylic acids is 1. The van der Waals surface area contributed by atoms with Crippen LogP contribution in [0.5, 0.6) is 0 Å². The average molecular weight is 822 g/mol. The molecule has 14 heteroatoms. The molecule has 4 aliphatic carbocycles. The van der Waals surface area contributed by atoms with E-state index < -0.39 is 12.1 Å². The monoisotopic (exact) mass is 821 g/mol. The largest absolute Gasteiger partial charge is 0.476 e. The van der Waals surface area contributed by atoms with Crippen LogP contribution >= 0.6 is 11.3 Å². The molecule has 0 saturated heterocycles. The lowest BCUT2D eigenvalue weighted by atomic mass is 9.35. The lowest BCUT2D eigenvalue weighted by Gasteiger charge is -2.70. The smallest absolute Gasteiger partial charge is 0.355 e. The standard InChI is InChI=1S/C45H59N9O4S/c1-28-31-9-7-18-53(39(31)52-51-38(28)50-41-48-34-10-5-6-11-35(34)59-41)36-13-12-32(37(49-36)40(57)58)33-19-47-54(29(33)2)27-45-24-42(3)21-43(4,25-45)23-44(22-42,26-45)15-8-16-46-17-14-30(56)20-55/h5-6,10-13,19,30,46,51-52,55-56H,7-9,14-18,20-27H2,1-4H3,(H,48,50)(H,57,58)/t30-,42?,43?,44?,45?/m0/s1. The predicted octanol–water partition coefficient (Wildman–Crippen LogP) is 7.30. The van der Waals surface area contributed by atoms with Gasteiger partial charge in [-0.15, -0.1) is 0 Å². The predicted molar refractivity (Wildman–Crippen MR) is 232 cm³/mol. The number of nitrogens with zero attached hydrogens (tertiary/aromatic N) is 5. The summed E-state index contributed by atoms with van der Waals surface area (Å²) in [5.74, 6) is 1.26. The third-order valence-corrected chi connectivity index (χ3v) is 15.0. The van der Waals surface area contributed by atoms with Gasteiger partial charge in [-0.2, -0.15) is 5.10 Å². The number of aliphatic hydroxyl groups is 2. The molecule has 0 amide bonds. The molecular formula is C45H59N9O4S. The van der Waals surface area contributed by atoms with Crippen molar-refractivity contribution >= 4 is 38.5 Å². The van der Waals surface area contributed by atoms with Crippen LogP contribution in [0.4, 0.5) is 10.9 Å². The summed E-state index contributed by atoms with van der Waals surface area (Å²) in [6.07, 6.45) is 13.3. The minimum Gasteiger partial charge on any atom is -0.476 e. The maximum Gasteiger partial charge on any atom is 0.355 e. The van der Waals surface area contributed by atoms with Crippen molar-refractivity contribution in [2.45, 2.75) is 111 Å². The van der Waals surface area contributed by atoms with Crippen molar-refractivity contribution < 1.29 is 20.1 Å². The number of aliphatic hydroxyl groups excluding tert-OH is 2. The summed E-state index contributed by atoms with van der Waals surface area (Å²) < 4.78 is 3.28. The number of aromatic carboxylic acids is 1. The van der Waals surface area contributed by atoms with Gasteiger partial charge < -0.3 is 30.9 Å². The van der Waals surface area contributed by atoms with Crippen LogP contribution in [0.3, 0.4) is 0 Å². The van der Waals surface area contributed by atoms with E-state index >= 15 is 0 Å². The molecule has 4 bridgehead atoms. The summed E-state index contributed by atoms with van der Waals surface area (Å²) in [5, 5.41) is 42.2. The zero-order valence-corrected chi connectivity index (χ0v) is 35.6. The summed E-state index contributed by atoms with van der Waals surface area (Å²) in [5.41, 5.74) is 13.4. The number of pyridine rings is 1. The van der Waals surface area contributed by atoms with Gasteiger partial charge in [-0.3, -0.25) is 15.5 Å². The first-order valence-corrected chi connectivity index (χ1v) is 22.2. The van der Waals surface area contributed by atoms with E-state index in [0.717, 1.165) is 81.7 Å². The molecule has 3 atom stereocenters. The first-order valence-electron chi connectivity index (χ1n) is 21.4. The average Bonchev–Trinajstić information content (AvgIpc) is 3.76. The summed E-state index contributed by atoms with van der Waals surface area (Å²) >= 11 is 1.61. The zero-order valence-electron chi connectivity index (χ0n) is 34.8. The number of carbonyl (C=O) groups is 1. The van der Waals surface area contributed by atoms with Crippen LogP contribution in [-0.4, -0.2) is 73.4 Å². The van der Waals surface area contributed by atoms with E-state index in [1.807, 2.05) is 36.5 Å². The zero-order chi connectivity index (χ0) is 41.2. The number of aromatic nitrogens is 4. The number of fused-ring (bicyclic) bond motifs is 1. The van der Waals surface area contributed by atoms with Crippen LogP contribution in [0.15, 0.2) is 65.4 Å². The first kappa shape index (κ1) is 39.9. The van der Waals surface area contributed by atoms with Crippen molar-refractivity contribution in [2.24, 2.45) is 21.7 Å². The van der Waals surface area contributed by atoms with Crippen molar-refractivity contribution in [3.63, 3.8) is 0 Å². The molecule has 314 valence electrons. The number of allylic oxidation sites excluding steroid dienone is 2. The van der Waals surface area contributed by atoms with Crippen molar-refractivity contribution in [1.82, 2.24) is 35.9 Å². The van der Waals surface area contributed by atoms with Gasteiger partial charge in [0.15, 0.2) is 10.8 Å². The van der Waals surface area contributed by atoms with Crippen LogP contribution in [0, 0.1) is 28.6 Å². The van der Waals surface area contributed by atoms with Crippen molar-refractivity contribution in [3.05, 3.63) is 76.8 Å². The first-order chi connectivity index (χ1) is 28.3. The number of anilines is 2. The quantitative estimate of drug-likeness (QED) is 0.0598. The maximum atomic E-state index is 13.0. The van der Waals surface area contributed by atoms with E-state index in [2.05, 4.69) is 64.8 Å². The Kier molecular flexibility index (Phi) is 10.3. The van der Waals surface area contributed by atoms with E-state index in [1.54, 1.807) is 11.3 Å². The second-order valence-corrected chi connectivity index (χ2v) is 20.3. The molecule has 4 fully saturated rings. The van der Waals surface area contributed by atoms with E-state index in [0.29, 0.717) is 47.1 Å². The topological polar surface area (TPSA) is 173 Å². The summed E-state index contributed by atoms with van der Waals surface area (Å²) in [6, 6.07) is 12.0. The normalized spacial score (nSPS) is 27.9. The van der Waals surface area contributed by atoms with Gasteiger partial charge >= 0.3 is 5.97 Å². The number of para-hydroxylation sites is 1. The SMILES string of the molecule is CC1=C(Nc2nc3ccccc3s2)NNC2=C1CCCN2c1ccc(-c2cnn(CC34CC5(C)CC(C)(CC(CCCNCC[C@H](O)CO)(C5)C3)C4)c2C)c(C(=O)O)n1. The van der Waals surface area contributed by atoms with Gasteiger partial charge in [0.1, 0.15) is 17.5 Å². The van der Waals surface area contributed by atoms with Gasteiger partial charge in [-0.1, -0.05) is 37.3 Å². The third-order valence-electron chi connectivity index (χ3n) is 14.0. The number of hydrogen-bond donors (Lipinski definition) is 7. The molecule has 0 radical (unpaired) electrons. The lowest BCUT2D eigenvalue weighted by Crippen LogP contribution is -2.60. The van der Waals surface area contributed by atoms with E-state index in [4.69, 9.17) is 20.2 Å². The van der Waals surface area contributed by atoms with Crippen molar-refractivity contribution in [3.8, 4) is 11.1 Å². The Morgan fingerprint density at radius 3 is 2.51 bits per heavy atom. The fourth-order valence-electron chi connectivity index (χ4n) is 12.9. The highest BCUT2D eigenvalue weighted by Crippen LogP contribution is 2.75. The van der Waals surface area contributed by atoms with Gasteiger partial charge in [-0.25, -0.2) is 14.8 Å². The molecule has 6 aliphatic rings. The number of thiazole rings is 1. The molecule has 4 aromatic rings. The number of hydrogen-bond acceptors (Lipinski definition) is 12.